The van der Waals surface area contributed by atoms with Gasteiger partial charge >= 0.3 is 5.97 Å². The Morgan fingerprint density at radius 1 is 1.53 bits per heavy atom. The summed E-state index contributed by atoms with van der Waals surface area (Å²) in [4.78, 5) is 24.8. The average Bonchev–Trinajstić information content (AvgIpc) is 1.99. The number of carbonyl (C=O) groups is 1. The van der Waals surface area contributed by atoms with Gasteiger partial charge in [-0.25, -0.2) is 4.79 Å². The van der Waals surface area contributed by atoms with Crippen LogP contribution in [-0.2, 0) is 6.42 Å². The molecule has 0 saturated heterocycles. The highest BCUT2D eigenvalue weighted by Crippen LogP contribution is 2.13. The Hall–Kier alpha value is -1.58. The van der Waals surface area contributed by atoms with E-state index in [1.54, 1.807) is 6.92 Å². The molecule has 82 valence electrons. The Bertz CT molecular complexity index is 432. The number of hydrogen-bond acceptors (Lipinski definition) is 2. The second-order valence-electron chi connectivity index (χ2n) is 4.07. The minimum Gasteiger partial charge on any atom is -0.478 e. The van der Waals surface area contributed by atoms with E-state index in [1.807, 2.05) is 13.8 Å². The molecule has 0 radical (unpaired) electrons. The number of nitrogens with one attached hydrogen (secondary N) is 1. The molecule has 0 aromatic carbocycles. The van der Waals surface area contributed by atoms with Gasteiger partial charge in [-0.1, -0.05) is 13.8 Å². The van der Waals surface area contributed by atoms with Crippen molar-refractivity contribution in [3.63, 3.8) is 0 Å². The van der Waals surface area contributed by atoms with Gasteiger partial charge in [0.1, 0.15) is 0 Å². The maximum atomic E-state index is 11.2. The fourth-order valence-electron chi connectivity index (χ4n) is 1.61. The highest BCUT2D eigenvalue weighted by atomic mass is 16.4. The summed E-state index contributed by atoms with van der Waals surface area (Å²) < 4.78 is 0. The molecule has 0 aliphatic carbocycles. The van der Waals surface area contributed by atoms with Crippen LogP contribution >= 0.6 is 0 Å². The number of aromatic carboxylic acids is 1. The summed E-state index contributed by atoms with van der Waals surface area (Å²) in [5.41, 5.74) is 1.01. The molecule has 0 fully saturated rings. The maximum absolute atomic E-state index is 11.2. The van der Waals surface area contributed by atoms with Crippen LogP contribution in [0.15, 0.2) is 10.9 Å². The van der Waals surface area contributed by atoms with Gasteiger partial charge in [0, 0.05) is 11.8 Å². The van der Waals surface area contributed by atoms with Crippen LogP contribution in [0, 0.1) is 12.8 Å². The molecule has 0 unspecified atom stereocenters. The topological polar surface area (TPSA) is 70.2 Å². The third-order valence-electron chi connectivity index (χ3n) is 2.14. The molecule has 0 saturated carbocycles. The lowest BCUT2D eigenvalue weighted by molar-refractivity contribution is 0.0694. The summed E-state index contributed by atoms with van der Waals surface area (Å²) in [7, 11) is 0. The van der Waals surface area contributed by atoms with Gasteiger partial charge in [0.15, 0.2) is 0 Å². The SMILES string of the molecule is Cc1cc(=O)[nH]c(CC(C)C)c1C(=O)O. The van der Waals surface area contributed by atoms with Crippen LogP contribution in [0.1, 0.15) is 35.5 Å². The van der Waals surface area contributed by atoms with Crippen LogP contribution in [0.3, 0.4) is 0 Å². The van der Waals surface area contributed by atoms with Crippen molar-refractivity contribution >= 4 is 5.97 Å². The van der Waals surface area contributed by atoms with Crippen molar-refractivity contribution in [1.29, 1.82) is 0 Å². The molecule has 0 aliphatic rings. The average molecular weight is 209 g/mol. The Morgan fingerprint density at radius 2 is 2.13 bits per heavy atom. The fraction of sp³-hybridized carbons (Fsp3) is 0.455. The molecular weight excluding hydrogens is 194 g/mol. The first-order valence-corrected chi connectivity index (χ1v) is 4.88. The van der Waals surface area contributed by atoms with E-state index in [4.69, 9.17) is 5.11 Å². The van der Waals surface area contributed by atoms with E-state index in [2.05, 4.69) is 4.98 Å². The molecule has 0 atom stereocenters. The summed E-state index contributed by atoms with van der Waals surface area (Å²) in [5.74, 6) is -0.681. The van der Waals surface area contributed by atoms with Crippen LogP contribution in [0.5, 0.6) is 0 Å². The van der Waals surface area contributed by atoms with Crippen LogP contribution in [0.4, 0.5) is 0 Å². The molecule has 0 amide bonds. The van der Waals surface area contributed by atoms with Crippen LogP contribution in [-0.4, -0.2) is 16.1 Å². The summed E-state index contributed by atoms with van der Waals surface area (Å²) in [6, 6.07) is 1.31. The van der Waals surface area contributed by atoms with Crippen molar-refractivity contribution < 1.29 is 9.90 Å². The standard InChI is InChI=1S/C11H15NO3/c1-6(2)4-8-10(11(14)15)7(3)5-9(13)12-8/h5-6H,4H2,1-3H3,(H,12,13)(H,14,15). The van der Waals surface area contributed by atoms with E-state index in [9.17, 15) is 9.59 Å². The van der Waals surface area contributed by atoms with Gasteiger partial charge in [-0.2, -0.15) is 0 Å². The number of pyridine rings is 1. The first-order chi connectivity index (χ1) is 6.91. The lowest BCUT2D eigenvalue weighted by Crippen LogP contribution is -2.17. The number of rotatable bonds is 3. The van der Waals surface area contributed by atoms with Gasteiger partial charge < -0.3 is 10.1 Å². The molecule has 0 spiro atoms. The second-order valence-corrected chi connectivity index (χ2v) is 4.07. The number of aromatic nitrogens is 1. The zero-order valence-electron chi connectivity index (χ0n) is 9.13. The van der Waals surface area contributed by atoms with Crippen molar-refractivity contribution in [1.82, 2.24) is 4.98 Å². The third-order valence-corrected chi connectivity index (χ3v) is 2.14. The minimum atomic E-state index is -0.987. The van der Waals surface area contributed by atoms with E-state index < -0.39 is 5.97 Å². The normalized spacial score (nSPS) is 10.7. The fourth-order valence-corrected chi connectivity index (χ4v) is 1.61. The van der Waals surface area contributed by atoms with E-state index in [-0.39, 0.29) is 11.1 Å². The predicted molar refractivity (Wildman–Crippen MR) is 57.3 cm³/mol. The third kappa shape index (κ3) is 2.68. The number of carboxylic acid groups (broad SMARTS) is 1. The van der Waals surface area contributed by atoms with Gasteiger partial charge in [0.05, 0.1) is 5.56 Å². The Kier molecular flexibility index (Phi) is 3.29. The molecule has 2 N–H and O–H groups in total. The number of aromatic amines is 1. The molecule has 1 aromatic heterocycles. The van der Waals surface area contributed by atoms with E-state index in [0.717, 1.165) is 0 Å². The van der Waals surface area contributed by atoms with E-state index in [1.165, 1.54) is 6.07 Å². The molecule has 4 nitrogen and oxygen atoms in total. The van der Waals surface area contributed by atoms with Crippen molar-refractivity contribution in [2.24, 2.45) is 5.92 Å². The van der Waals surface area contributed by atoms with Gasteiger partial charge in [-0.15, -0.1) is 0 Å². The molecule has 15 heavy (non-hydrogen) atoms. The van der Waals surface area contributed by atoms with E-state index >= 15 is 0 Å². The van der Waals surface area contributed by atoms with Crippen LogP contribution in [0.25, 0.3) is 0 Å². The Labute approximate surface area is 88.0 Å². The highest BCUT2D eigenvalue weighted by molar-refractivity contribution is 5.90. The van der Waals surface area contributed by atoms with E-state index in [0.29, 0.717) is 23.6 Å². The Balaban J connectivity index is 3.33. The van der Waals surface area contributed by atoms with Crippen molar-refractivity contribution in [2.75, 3.05) is 0 Å². The number of hydrogen-bond donors (Lipinski definition) is 2. The van der Waals surface area contributed by atoms with Crippen molar-refractivity contribution in [3.8, 4) is 0 Å². The van der Waals surface area contributed by atoms with Crippen molar-refractivity contribution in [2.45, 2.75) is 27.2 Å². The van der Waals surface area contributed by atoms with Gasteiger partial charge in [0.2, 0.25) is 5.56 Å². The quantitative estimate of drug-likeness (QED) is 0.794. The van der Waals surface area contributed by atoms with Crippen molar-refractivity contribution in [3.05, 3.63) is 33.2 Å². The monoisotopic (exact) mass is 209 g/mol. The molecular formula is C11H15NO3. The molecule has 1 rings (SSSR count). The minimum absolute atomic E-state index is 0.225. The zero-order valence-corrected chi connectivity index (χ0v) is 9.13. The largest absolute Gasteiger partial charge is 0.478 e. The number of aryl methyl sites for hydroxylation is 1. The van der Waals surface area contributed by atoms with Crippen LogP contribution in [0.2, 0.25) is 0 Å². The predicted octanol–water partition coefficient (Wildman–Crippen LogP) is 1.58. The molecule has 0 bridgehead atoms. The highest BCUT2D eigenvalue weighted by Gasteiger charge is 2.15. The number of H-pyrrole nitrogens is 1. The Morgan fingerprint density at radius 3 is 2.60 bits per heavy atom. The lowest BCUT2D eigenvalue weighted by Gasteiger charge is -2.10. The smallest absolute Gasteiger partial charge is 0.337 e. The molecule has 1 aromatic rings. The van der Waals surface area contributed by atoms with Gasteiger partial charge in [-0.3, -0.25) is 4.79 Å². The zero-order chi connectivity index (χ0) is 11.6. The van der Waals surface area contributed by atoms with Gasteiger partial charge in [0.25, 0.3) is 0 Å². The summed E-state index contributed by atoms with van der Waals surface area (Å²) in [6.45, 7) is 5.60. The lowest BCUT2D eigenvalue weighted by atomic mass is 10.0. The summed E-state index contributed by atoms with van der Waals surface area (Å²) in [6.07, 6.45) is 0.568. The molecule has 0 aliphatic heterocycles. The first-order valence-electron chi connectivity index (χ1n) is 4.88. The second kappa shape index (κ2) is 4.29. The maximum Gasteiger partial charge on any atom is 0.337 e. The molecule has 1 heterocycles. The van der Waals surface area contributed by atoms with Crippen LogP contribution < -0.4 is 5.56 Å². The first kappa shape index (κ1) is 11.5. The molecule has 4 heteroatoms. The van der Waals surface area contributed by atoms with Gasteiger partial charge in [-0.05, 0) is 24.8 Å². The summed E-state index contributed by atoms with van der Waals surface area (Å²) in [5, 5.41) is 9.03. The number of carboxylic acids is 1. The summed E-state index contributed by atoms with van der Waals surface area (Å²) >= 11 is 0.